The molecule has 2 aromatic rings. The van der Waals surface area contributed by atoms with Crippen molar-refractivity contribution in [3.63, 3.8) is 0 Å². The highest BCUT2D eigenvalue weighted by atomic mass is 32.2. The van der Waals surface area contributed by atoms with Crippen molar-refractivity contribution in [3.05, 3.63) is 64.1 Å². The van der Waals surface area contributed by atoms with Crippen LogP contribution < -0.4 is 10.2 Å². The van der Waals surface area contributed by atoms with Crippen molar-refractivity contribution in [1.29, 1.82) is 0 Å². The van der Waals surface area contributed by atoms with Crippen LogP contribution in [0.4, 0.5) is 16.2 Å². The number of benzene rings is 2. The van der Waals surface area contributed by atoms with Gasteiger partial charge in [-0.1, -0.05) is 29.8 Å². The SMILES string of the molecule is Cc1ccc(NC(=O)CN2C(=O)S/C(=C\c3ccc(N4CCCC4)cc3)C2=O)c(C)c1. The summed E-state index contributed by atoms with van der Waals surface area (Å²) in [6.45, 7) is 5.72. The number of hydrogen-bond acceptors (Lipinski definition) is 5. The van der Waals surface area contributed by atoms with Gasteiger partial charge in [-0.2, -0.15) is 0 Å². The second-order valence-electron chi connectivity index (χ2n) is 7.92. The summed E-state index contributed by atoms with van der Waals surface area (Å²) in [6, 6.07) is 13.7. The van der Waals surface area contributed by atoms with Crippen molar-refractivity contribution in [3.8, 4) is 0 Å². The summed E-state index contributed by atoms with van der Waals surface area (Å²) in [5.41, 5.74) is 4.73. The van der Waals surface area contributed by atoms with E-state index in [1.807, 2.05) is 56.3 Å². The van der Waals surface area contributed by atoms with Gasteiger partial charge < -0.3 is 10.2 Å². The Morgan fingerprint density at radius 2 is 1.77 bits per heavy atom. The molecular formula is C24H25N3O3S. The molecule has 1 N–H and O–H groups in total. The van der Waals surface area contributed by atoms with Crippen LogP contribution in [0.1, 0.15) is 29.5 Å². The first-order chi connectivity index (χ1) is 14.9. The van der Waals surface area contributed by atoms with Crippen LogP contribution in [0.25, 0.3) is 6.08 Å². The molecule has 0 saturated carbocycles. The molecule has 31 heavy (non-hydrogen) atoms. The summed E-state index contributed by atoms with van der Waals surface area (Å²) in [5.74, 6) is -0.833. The minimum atomic E-state index is -0.436. The number of amides is 3. The van der Waals surface area contributed by atoms with E-state index in [1.54, 1.807) is 6.08 Å². The third-order valence-electron chi connectivity index (χ3n) is 5.49. The maximum Gasteiger partial charge on any atom is 0.294 e. The predicted octanol–water partition coefficient (Wildman–Crippen LogP) is 4.58. The molecule has 2 heterocycles. The van der Waals surface area contributed by atoms with Gasteiger partial charge in [-0.25, -0.2) is 0 Å². The average molecular weight is 436 g/mol. The zero-order valence-corrected chi connectivity index (χ0v) is 18.5. The second-order valence-corrected chi connectivity index (χ2v) is 8.91. The van der Waals surface area contributed by atoms with Crippen LogP contribution in [0.15, 0.2) is 47.4 Å². The largest absolute Gasteiger partial charge is 0.372 e. The molecule has 0 aromatic heterocycles. The zero-order valence-electron chi connectivity index (χ0n) is 17.7. The van der Waals surface area contributed by atoms with Crippen molar-refractivity contribution < 1.29 is 14.4 Å². The van der Waals surface area contributed by atoms with E-state index >= 15 is 0 Å². The summed E-state index contributed by atoms with van der Waals surface area (Å²) >= 11 is 0.868. The maximum absolute atomic E-state index is 12.7. The van der Waals surface area contributed by atoms with Crippen LogP contribution in [-0.4, -0.2) is 41.6 Å². The predicted molar refractivity (Wildman–Crippen MR) is 125 cm³/mol. The van der Waals surface area contributed by atoms with Crippen LogP contribution in [-0.2, 0) is 9.59 Å². The number of aryl methyl sites for hydroxylation is 2. The van der Waals surface area contributed by atoms with Crippen LogP contribution in [0.3, 0.4) is 0 Å². The van der Waals surface area contributed by atoms with Crippen molar-refractivity contribution in [1.82, 2.24) is 4.90 Å². The molecule has 2 fully saturated rings. The Hall–Kier alpha value is -3.06. The number of rotatable bonds is 5. The van der Waals surface area contributed by atoms with Gasteiger partial charge in [0, 0.05) is 24.5 Å². The number of anilines is 2. The Balaban J connectivity index is 1.41. The Bertz CT molecular complexity index is 1060. The number of imide groups is 1. The number of thioether (sulfide) groups is 1. The topological polar surface area (TPSA) is 69.7 Å². The van der Waals surface area contributed by atoms with Gasteiger partial charge >= 0.3 is 0 Å². The normalized spacial score (nSPS) is 17.7. The fourth-order valence-corrected chi connectivity index (χ4v) is 4.67. The highest BCUT2D eigenvalue weighted by molar-refractivity contribution is 8.18. The standard InChI is InChI=1S/C24H25N3O3S/c1-16-5-10-20(17(2)13-16)25-22(28)15-27-23(29)21(31-24(27)30)14-18-6-8-19(9-7-18)26-11-3-4-12-26/h5-10,13-14H,3-4,11-12,15H2,1-2H3,(H,25,28)/b21-14-. The Kier molecular flexibility index (Phi) is 6.13. The molecule has 0 unspecified atom stereocenters. The van der Waals surface area contributed by atoms with E-state index in [4.69, 9.17) is 0 Å². The van der Waals surface area contributed by atoms with E-state index in [1.165, 1.54) is 18.5 Å². The van der Waals surface area contributed by atoms with Gasteiger partial charge in [0.05, 0.1) is 4.91 Å². The number of carbonyl (C=O) groups is 3. The molecule has 2 aliphatic rings. The minimum Gasteiger partial charge on any atom is -0.372 e. The first kappa shape index (κ1) is 21.2. The van der Waals surface area contributed by atoms with E-state index in [0.29, 0.717) is 10.6 Å². The van der Waals surface area contributed by atoms with E-state index in [-0.39, 0.29) is 6.54 Å². The number of nitrogens with one attached hydrogen (secondary N) is 1. The van der Waals surface area contributed by atoms with Gasteiger partial charge in [0.2, 0.25) is 5.91 Å². The average Bonchev–Trinajstić information content (AvgIpc) is 3.36. The highest BCUT2D eigenvalue weighted by Gasteiger charge is 2.36. The summed E-state index contributed by atoms with van der Waals surface area (Å²) in [4.78, 5) is 41.2. The molecule has 7 heteroatoms. The van der Waals surface area contributed by atoms with E-state index in [2.05, 4.69) is 10.2 Å². The molecule has 0 aliphatic carbocycles. The first-order valence-electron chi connectivity index (χ1n) is 10.4. The minimum absolute atomic E-state index is 0.302. The molecule has 2 aliphatic heterocycles. The van der Waals surface area contributed by atoms with Crippen molar-refractivity contribution in [2.24, 2.45) is 0 Å². The molecule has 0 spiro atoms. The number of nitrogens with zero attached hydrogens (tertiary/aromatic N) is 2. The molecule has 3 amide bonds. The molecule has 0 radical (unpaired) electrons. The monoisotopic (exact) mass is 435 g/mol. The van der Waals surface area contributed by atoms with E-state index in [0.717, 1.165) is 46.4 Å². The van der Waals surface area contributed by atoms with Crippen molar-refractivity contribution >= 4 is 46.3 Å². The molecule has 160 valence electrons. The lowest BCUT2D eigenvalue weighted by molar-refractivity contribution is -0.127. The lowest BCUT2D eigenvalue weighted by Gasteiger charge is -2.17. The van der Waals surface area contributed by atoms with Crippen LogP contribution in [0, 0.1) is 13.8 Å². The van der Waals surface area contributed by atoms with Gasteiger partial charge in [0.25, 0.3) is 11.1 Å². The number of carbonyl (C=O) groups excluding carboxylic acids is 3. The first-order valence-corrected chi connectivity index (χ1v) is 11.2. The van der Waals surface area contributed by atoms with Crippen LogP contribution >= 0.6 is 11.8 Å². The molecule has 0 atom stereocenters. The fourth-order valence-electron chi connectivity index (χ4n) is 3.83. The Morgan fingerprint density at radius 1 is 1.06 bits per heavy atom. The molecule has 0 bridgehead atoms. The number of hydrogen-bond donors (Lipinski definition) is 1. The second kappa shape index (κ2) is 8.98. The summed E-state index contributed by atoms with van der Waals surface area (Å²) < 4.78 is 0. The van der Waals surface area contributed by atoms with Crippen molar-refractivity contribution in [2.75, 3.05) is 29.9 Å². The molecule has 2 aromatic carbocycles. The van der Waals surface area contributed by atoms with Crippen molar-refractivity contribution in [2.45, 2.75) is 26.7 Å². The zero-order chi connectivity index (χ0) is 22.0. The smallest absolute Gasteiger partial charge is 0.294 e. The highest BCUT2D eigenvalue weighted by Crippen LogP contribution is 2.32. The van der Waals surface area contributed by atoms with Crippen LogP contribution in [0.5, 0.6) is 0 Å². The summed E-state index contributed by atoms with van der Waals surface area (Å²) in [7, 11) is 0. The Morgan fingerprint density at radius 3 is 2.45 bits per heavy atom. The third-order valence-corrected chi connectivity index (χ3v) is 6.40. The molecular weight excluding hydrogens is 410 g/mol. The Labute approximate surface area is 186 Å². The van der Waals surface area contributed by atoms with E-state index in [9.17, 15) is 14.4 Å². The van der Waals surface area contributed by atoms with Gasteiger partial charge in [-0.05, 0) is 73.9 Å². The lowest BCUT2D eigenvalue weighted by atomic mass is 10.1. The van der Waals surface area contributed by atoms with Crippen LogP contribution in [0.2, 0.25) is 0 Å². The quantitative estimate of drug-likeness (QED) is 0.697. The van der Waals surface area contributed by atoms with Gasteiger partial charge in [0.15, 0.2) is 0 Å². The summed E-state index contributed by atoms with van der Waals surface area (Å²) in [6.07, 6.45) is 4.14. The fraction of sp³-hybridized carbons (Fsp3) is 0.292. The summed E-state index contributed by atoms with van der Waals surface area (Å²) in [5, 5.41) is 2.35. The van der Waals surface area contributed by atoms with Gasteiger partial charge in [0.1, 0.15) is 6.54 Å². The lowest BCUT2D eigenvalue weighted by Crippen LogP contribution is -2.36. The maximum atomic E-state index is 12.7. The molecule has 4 rings (SSSR count). The molecule has 2 saturated heterocycles. The van der Waals surface area contributed by atoms with Gasteiger partial charge in [-0.15, -0.1) is 0 Å². The molecule has 6 nitrogen and oxygen atoms in total. The van der Waals surface area contributed by atoms with E-state index < -0.39 is 17.1 Å². The third kappa shape index (κ3) is 4.82. The van der Waals surface area contributed by atoms with Gasteiger partial charge in [-0.3, -0.25) is 19.3 Å².